The summed E-state index contributed by atoms with van der Waals surface area (Å²) in [5, 5.41) is 25.5. The van der Waals surface area contributed by atoms with Gasteiger partial charge in [0.05, 0.1) is 16.7 Å². The van der Waals surface area contributed by atoms with Gasteiger partial charge in [-0.15, -0.1) is 11.3 Å². The normalized spacial score (nSPS) is 12.5. The Labute approximate surface area is 167 Å². The van der Waals surface area contributed by atoms with Gasteiger partial charge in [0.15, 0.2) is 11.5 Å². The maximum atomic E-state index is 13.3. The van der Waals surface area contributed by atoms with Crippen LogP contribution >= 0.6 is 11.3 Å². The number of ether oxygens (including phenoxy) is 2. The minimum Gasteiger partial charge on any atom is -0.454 e. The molecule has 29 heavy (non-hydrogen) atoms. The van der Waals surface area contributed by atoms with E-state index in [0.717, 1.165) is 17.7 Å². The average Bonchev–Trinajstić information content (AvgIpc) is 3.38. The summed E-state index contributed by atoms with van der Waals surface area (Å²) in [6.45, 7) is 0.170. The fourth-order valence-corrected chi connectivity index (χ4v) is 3.45. The zero-order valence-corrected chi connectivity index (χ0v) is 15.4. The van der Waals surface area contributed by atoms with Gasteiger partial charge in [-0.1, -0.05) is 0 Å². The van der Waals surface area contributed by atoms with Crippen molar-refractivity contribution in [2.45, 2.75) is 0 Å². The molecule has 1 aliphatic rings. The smallest absolute Gasteiger partial charge is 0.295 e. The van der Waals surface area contributed by atoms with Crippen molar-refractivity contribution in [2.24, 2.45) is 0 Å². The molecule has 0 saturated heterocycles. The Balaban J connectivity index is 1.60. The lowest BCUT2D eigenvalue weighted by Gasteiger charge is -2.03. The van der Waals surface area contributed by atoms with Gasteiger partial charge in [0, 0.05) is 17.1 Å². The number of hydrogen-bond donors (Lipinski definition) is 1. The first kappa shape index (κ1) is 18.4. The van der Waals surface area contributed by atoms with Crippen LogP contribution in [-0.4, -0.2) is 16.7 Å². The second-order valence-electron chi connectivity index (χ2n) is 5.84. The number of benzene rings is 2. The predicted octanol–water partition coefficient (Wildman–Crippen LogP) is 4.56. The van der Waals surface area contributed by atoms with Crippen LogP contribution in [0.5, 0.6) is 11.5 Å². The van der Waals surface area contributed by atoms with Gasteiger partial charge in [0.25, 0.3) is 5.69 Å². The molecule has 0 atom stereocenters. The molecule has 2 heterocycles. The number of nitro groups is 1. The third-order valence-corrected chi connectivity index (χ3v) is 4.93. The van der Waals surface area contributed by atoms with Crippen LogP contribution < -0.4 is 14.8 Å². The highest BCUT2D eigenvalue weighted by molar-refractivity contribution is 7.11. The molecule has 1 aliphatic heterocycles. The molecule has 2 aromatic carbocycles. The van der Waals surface area contributed by atoms with E-state index in [2.05, 4.69) is 10.3 Å². The minimum atomic E-state index is -0.722. The number of aromatic nitrogens is 1. The molecule has 1 N–H and O–H groups in total. The number of rotatable bonds is 5. The standard InChI is InChI=1S/C19H11FN4O4S/c20-13-2-3-14(16(6-13)24(25)26)22-8-12(7-21)19-23-15(9-29-19)11-1-4-17-18(5-11)28-10-27-17/h1-6,8-9,22H,10H2. The van der Waals surface area contributed by atoms with E-state index in [1.54, 1.807) is 17.5 Å². The lowest BCUT2D eigenvalue weighted by atomic mass is 10.1. The molecule has 0 radical (unpaired) electrons. The number of anilines is 1. The van der Waals surface area contributed by atoms with Crippen LogP contribution in [0.25, 0.3) is 16.8 Å². The highest BCUT2D eigenvalue weighted by Gasteiger charge is 2.17. The van der Waals surface area contributed by atoms with E-state index in [9.17, 15) is 19.8 Å². The molecule has 0 saturated carbocycles. The third kappa shape index (κ3) is 3.71. The summed E-state index contributed by atoms with van der Waals surface area (Å²) in [5.74, 6) is 0.560. The molecule has 4 rings (SSSR count). The average molecular weight is 410 g/mol. The van der Waals surface area contributed by atoms with Crippen LogP contribution in [0.15, 0.2) is 48.0 Å². The number of allylic oxidation sites excluding steroid dienone is 1. The molecular formula is C19H11FN4O4S. The first-order valence-corrected chi connectivity index (χ1v) is 9.10. The fourth-order valence-electron chi connectivity index (χ4n) is 2.66. The number of fused-ring (bicyclic) bond motifs is 1. The first-order chi connectivity index (χ1) is 14.0. The van der Waals surface area contributed by atoms with Crippen LogP contribution in [0.3, 0.4) is 0 Å². The van der Waals surface area contributed by atoms with Crippen LogP contribution in [-0.2, 0) is 0 Å². The molecule has 3 aromatic rings. The molecule has 1 aromatic heterocycles. The number of thiazole rings is 1. The topological polar surface area (TPSA) is 110 Å². The summed E-state index contributed by atoms with van der Waals surface area (Å²) < 4.78 is 23.9. The van der Waals surface area contributed by atoms with Gasteiger partial charge in [-0.05, 0) is 30.3 Å². The lowest BCUT2D eigenvalue weighted by molar-refractivity contribution is -0.384. The van der Waals surface area contributed by atoms with E-state index in [1.165, 1.54) is 23.6 Å². The molecule has 8 nitrogen and oxygen atoms in total. The summed E-state index contributed by atoms with van der Waals surface area (Å²) in [6.07, 6.45) is 1.31. The van der Waals surface area contributed by atoms with Crippen LogP contribution in [0, 0.1) is 27.3 Å². The van der Waals surface area contributed by atoms with Gasteiger partial charge in [0.1, 0.15) is 28.2 Å². The molecule has 144 valence electrons. The Morgan fingerprint density at radius 2 is 2.14 bits per heavy atom. The summed E-state index contributed by atoms with van der Waals surface area (Å²) in [4.78, 5) is 14.8. The van der Waals surface area contributed by atoms with E-state index in [-0.39, 0.29) is 18.1 Å². The second-order valence-corrected chi connectivity index (χ2v) is 6.70. The molecule has 10 heteroatoms. The first-order valence-electron chi connectivity index (χ1n) is 8.22. The minimum absolute atomic E-state index is 0.0664. The third-order valence-electron chi connectivity index (χ3n) is 4.05. The quantitative estimate of drug-likeness (QED) is 0.373. The summed E-state index contributed by atoms with van der Waals surface area (Å²) in [7, 11) is 0. The molecule has 0 amide bonds. The summed E-state index contributed by atoms with van der Waals surface area (Å²) >= 11 is 1.25. The Kier molecular flexibility index (Phi) is 4.80. The Morgan fingerprint density at radius 3 is 2.93 bits per heavy atom. The molecule has 0 unspecified atom stereocenters. The Hall–Kier alpha value is -3.97. The zero-order chi connectivity index (χ0) is 20.4. The van der Waals surface area contributed by atoms with E-state index in [0.29, 0.717) is 22.2 Å². The van der Waals surface area contributed by atoms with Crippen molar-refractivity contribution in [3.05, 3.63) is 68.9 Å². The Bertz CT molecular complexity index is 1190. The highest BCUT2D eigenvalue weighted by atomic mass is 32.1. The number of hydrogen-bond acceptors (Lipinski definition) is 8. The van der Waals surface area contributed by atoms with Gasteiger partial charge in [-0.2, -0.15) is 5.26 Å². The van der Waals surface area contributed by atoms with Crippen molar-refractivity contribution in [3.8, 4) is 28.8 Å². The molecular weight excluding hydrogens is 399 g/mol. The van der Waals surface area contributed by atoms with Crippen molar-refractivity contribution in [3.63, 3.8) is 0 Å². The predicted molar refractivity (Wildman–Crippen MR) is 104 cm³/mol. The zero-order valence-electron chi connectivity index (χ0n) is 14.6. The SMILES string of the molecule is N#CC(=CNc1ccc(F)cc1[N+](=O)[O-])c1nc(-c2ccc3c(c2)OCO3)cs1. The number of nitriles is 1. The molecule has 0 bridgehead atoms. The van der Waals surface area contributed by atoms with Gasteiger partial charge in [-0.3, -0.25) is 10.1 Å². The van der Waals surface area contributed by atoms with Gasteiger partial charge >= 0.3 is 0 Å². The summed E-state index contributed by atoms with van der Waals surface area (Å²) in [6, 6.07) is 10.6. The van der Waals surface area contributed by atoms with Gasteiger partial charge in [0.2, 0.25) is 6.79 Å². The molecule has 0 spiro atoms. The van der Waals surface area contributed by atoms with Crippen molar-refractivity contribution >= 4 is 28.3 Å². The number of nitro benzene ring substituents is 1. The van der Waals surface area contributed by atoms with E-state index < -0.39 is 16.4 Å². The maximum Gasteiger partial charge on any atom is 0.295 e. The number of nitrogens with zero attached hydrogens (tertiary/aromatic N) is 3. The monoisotopic (exact) mass is 410 g/mol. The van der Waals surface area contributed by atoms with E-state index >= 15 is 0 Å². The second kappa shape index (κ2) is 7.57. The van der Waals surface area contributed by atoms with E-state index in [1.807, 2.05) is 12.1 Å². The van der Waals surface area contributed by atoms with Crippen LogP contribution in [0.2, 0.25) is 0 Å². The number of nitrogens with one attached hydrogen (secondary N) is 1. The van der Waals surface area contributed by atoms with Gasteiger partial charge < -0.3 is 14.8 Å². The molecule has 0 aliphatic carbocycles. The lowest BCUT2D eigenvalue weighted by Crippen LogP contribution is -1.97. The Morgan fingerprint density at radius 1 is 1.31 bits per heavy atom. The van der Waals surface area contributed by atoms with E-state index in [4.69, 9.17) is 9.47 Å². The highest BCUT2D eigenvalue weighted by Crippen LogP contribution is 2.36. The largest absolute Gasteiger partial charge is 0.454 e. The van der Waals surface area contributed by atoms with Crippen LogP contribution in [0.1, 0.15) is 5.01 Å². The maximum absolute atomic E-state index is 13.3. The van der Waals surface area contributed by atoms with Crippen LogP contribution in [0.4, 0.5) is 15.8 Å². The van der Waals surface area contributed by atoms with Crippen molar-refractivity contribution < 1.29 is 18.8 Å². The summed E-state index contributed by atoms with van der Waals surface area (Å²) in [5.41, 5.74) is 1.27. The van der Waals surface area contributed by atoms with Crippen molar-refractivity contribution in [2.75, 3.05) is 12.1 Å². The van der Waals surface area contributed by atoms with Crippen molar-refractivity contribution in [1.29, 1.82) is 5.26 Å². The van der Waals surface area contributed by atoms with Crippen molar-refractivity contribution in [1.82, 2.24) is 4.98 Å². The fraction of sp³-hybridized carbons (Fsp3) is 0.0526. The van der Waals surface area contributed by atoms with Gasteiger partial charge in [-0.25, -0.2) is 9.37 Å². The number of halogens is 1. The molecule has 0 fully saturated rings.